The normalized spacial score (nSPS) is 31.3. The Balaban J connectivity index is 1.44. The summed E-state index contributed by atoms with van der Waals surface area (Å²) in [5, 5.41) is 4.09. The maximum absolute atomic E-state index is 12.7. The summed E-state index contributed by atoms with van der Waals surface area (Å²) in [6.07, 6.45) is 5.38. The van der Waals surface area contributed by atoms with Gasteiger partial charge in [0.05, 0.1) is 25.2 Å². The van der Waals surface area contributed by atoms with Crippen molar-refractivity contribution < 1.29 is 14.3 Å². The van der Waals surface area contributed by atoms with Crippen LogP contribution in [0.2, 0.25) is 0 Å². The van der Waals surface area contributed by atoms with E-state index >= 15 is 0 Å². The van der Waals surface area contributed by atoms with Gasteiger partial charge in [-0.2, -0.15) is 11.3 Å². The molecule has 3 atom stereocenters. The fourth-order valence-corrected chi connectivity index (χ4v) is 4.29. The molecule has 0 radical (unpaired) electrons. The maximum Gasteiger partial charge on any atom is 0.227 e. The predicted molar refractivity (Wildman–Crippen MR) is 85.0 cm³/mol. The average molecular weight is 321 g/mol. The summed E-state index contributed by atoms with van der Waals surface area (Å²) >= 11 is 1.65. The molecule has 1 aromatic rings. The molecule has 0 aromatic carbocycles. The van der Waals surface area contributed by atoms with Crippen molar-refractivity contribution in [3.05, 3.63) is 22.4 Å². The molecule has 5 heteroatoms. The lowest BCUT2D eigenvalue weighted by atomic mass is 10.1. The van der Waals surface area contributed by atoms with Crippen molar-refractivity contribution in [3.63, 3.8) is 0 Å². The topological polar surface area (TPSA) is 38.8 Å². The molecule has 120 valence electrons. The first-order chi connectivity index (χ1) is 10.8. The van der Waals surface area contributed by atoms with Crippen LogP contribution < -0.4 is 0 Å². The first-order valence-corrected chi connectivity index (χ1v) is 9.29. The molecule has 1 saturated heterocycles. The van der Waals surface area contributed by atoms with Crippen LogP contribution in [0.25, 0.3) is 0 Å². The molecule has 2 bridgehead atoms. The van der Waals surface area contributed by atoms with Crippen LogP contribution in [-0.4, -0.2) is 48.8 Å². The Labute approximate surface area is 135 Å². The minimum atomic E-state index is 0.0783. The van der Waals surface area contributed by atoms with Gasteiger partial charge in [0.15, 0.2) is 0 Å². The van der Waals surface area contributed by atoms with E-state index in [1.165, 1.54) is 12.8 Å². The largest absolute Gasteiger partial charge is 0.374 e. The van der Waals surface area contributed by atoms with Crippen molar-refractivity contribution in [2.45, 2.75) is 50.4 Å². The van der Waals surface area contributed by atoms with E-state index < -0.39 is 0 Å². The highest BCUT2D eigenvalue weighted by molar-refractivity contribution is 7.07. The number of hydrogen-bond acceptors (Lipinski definition) is 4. The van der Waals surface area contributed by atoms with Crippen molar-refractivity contribution in [1.82, 2.24) is 4.90 Å². The van der Waals surface area contributed by atoms with Crippen LogP contribution in [0.1, 0.15) is 31.2 Å². The third-order valence-corrected chi connectivity index (χ3v) is 5.77. The highest BCUT2D eigenvalue weighted by Gasteiger charge is 2.45. The maximum atomic E-state index is 12.7. The van der Waals surface area contributed by atoms with E-state index in [0.29, 0.717) is 19.6 Å². The molecule has 1 aliphatic heterocycles. The van der Waals surface area contributed by atoms with Gasteiger partial charge in [-0.3, -0.25) is 4.79 Å². The molecule has 4 rings (SSSR count). The Hall–Kier alpha value is -0.910. The van der Waals surface area contributed by atoms with Crippen molar-refractivity contribution in [1.29, 1.82) is 0 Å². The van der Waals surface area contributed by atoms with Gasteiger partial charge in [0.1, 0.15) is 6.10 Å². The van der Waals surface area contributed by atoms with E-state index in [0.717, 1.165) is 30.9 Å². The summed E-state index contributed by atoms with van der Waals surface area (Å²) < 4.78 is 12.1. The number of thiophene rings is 1. The van der Waals surface area contributed by atoms with Crippen molar-refractivity contribution in [2.24, 2.45) is 5.92 Å². The molecule has 3 aliphatic rings. The van der Waals surface area contributed by atoms with Gasteiger partial charge in [0, 0.05) is 13.2 Å². The van der Waals surface area contributed by atoms with E-state index in [1.807, 2.05) is 16.3 Å². The smallest absolute Gasteiger partial charge is 0.227 e. The third kappa shape index (κ3) is 3.07. The van der Waals surface area contributed by atoms with Gasteiger partial charge in [-0.1, -0.05) is 0 Å². The molecule has 0 spiro atoms. The van der Waals surface area contributed by atoms with Crippen molar-refractivity contribution >= 4 is 17.2 Å². The Kier molecular flexibility index (Phi) is 4.20. The monoisotopic (exact) mass is 321 g/mol. The zero-order chi connectivity index (χ0) is 14.9. The molecule has 1 aromatic heterocycles. The molecule has 22 heavy (non-hydrogen) atoms. The summed E-state index contributed by atoms with van der Waals surface area (Å²) in [6.45, 7) is 2.18. The van der Waals surface area contributed by atoms with Crippen LogP contribution in [0.4, 0.5) is 0 Å². The van der Waals surface area contributed by atoms with E-state index in [1.54, 1.807) is 11.3 Å². The van der Waals surface area contributed by atoms with Crippen molar-refractivity contribution in [3.8, 4) is 0 Å². The predicted octanol–water partition coefficient (Wildman–Crippen LogP) is 2.48. The molecule has 0 unspecified atom stereocenters. The fraction of sp³-hybridized carbons (Fsp3) is 0.706. The SMILES string of the molecule is O=C(Cc1ccsc1)N1CCO[C@H]2CC[C@H]1[C@@H]2OCC1CC1. The second-order valence-corrected chi connectivity index (χ2v) is 7.47. The van der Waals surface area contributed by atoms with Gasteiger partial charge >= 0.3 is 0 Å². The molecule has 4 nitrogen and oxygen atoms in total. The number of rotatable bonds is 5. The Morgan fingerprint density at radius 2 is 2.27 bits per heavy atom. The lowest BCUT2D eigenvalue weighted by Gasteiger charge is -2.31. The lowest BCUT2D eigenvalue weighted by molar-refractivity contribution is -0.135. The second-order valence-electron chi connectivity index (χ2n) is 6.69. The first kappa shape index (κ1) is 14.7. The zero-order valence-corrected chi connectivity index (χ0v) is 13.6. The summed E-state index contributed by atoms with van der Waals surface area (Å²) in [5.74, 6) is 0.965. The van der Waals surface area contributed by atoms with E-state index in [4.69, 9.17) is 9.47 Å². The van der Waals surface area contributed by atoms with Gasteiger partial charge in [-0.15, -0.1) is 0 Å². The molecule has 3 fully saturated rings. The van der Waals surface area contributed by atoms with E-state index in [2.05, 4.69) is 5.38 Å². The van der Waals surface area contributed by atoms with Crippen LogP contribution in [-0.2, 0) is 20.7 Å². The van der Waals surface area contributed by atoms with E-state index in [9.17, 15) is 4.79 Å². The summed E-state index contributed by atoms with van der Waals surface area (Å²) in [7, 11) is 0. The number of ether oxygens (including phenoxy) is 2. The van der Waals surface area contributed by atoms with Gasteiger partial charge in [-0.25, -0.2) is 0 Å². The van der Waals surface area contributed by atoms with Gasteiger partial charge in [0.25, 0.3) is 0 Å². The van der Waals surface area contributed by atoms with E-state index in [-0.39, 0.29) is 24.2 Å². The number of nitrogens with zero attached hydrogens (tertiary/aromatic N) is 1. The van der Waals surface area contributed by atoms with Crippen LogP contribution in [0.5, 0.6) is 0 Å². The Morgan fingerprint density at radius 1 is 1.36 bits per heavy atom. The van der Waals surface area contributed by atoms with Gasteiger partial charge in [-0.05, 0) is 54.0 Å². The molecule has 2 heterocycles. The first-order valence-electron chi connectivity index (χ1n) is 8.35. The van der Waals surface area contributed by atoms with Crippen LogP contribution >= 0.6 is 11.3 Å². The number of hydrogen-bond donors (Lipinski definition) is 0. The highest BCUT2D eigenvalue weighted by atomic mass is 32.1. The number of carbonyl (C=O) groups is 1. The summed E-state index contributed by atoms with van der Waals surface area (Å²) in [5.41, 5.74) is 1.12. The summed E-state index contributed by atoms with van der Waals surface area (Å²) in [4.78, 5) is 14.8. The average Bonchev–Trinajstić information content (AvgIpc) is 3.08. The molecular formula is C17H23NO3S. The number of carbonyl (C=O) groups excluding carboxylic acids is 1. The molecule has 2 aliphatic carbocycles. The van der Waals surface area contributed by atoms with Crippen LogP contribution in [0, 0.1) is 5.92 Å². The minimum absolute atomic E-state index is 0.0783. The lowest BCUT2D eigenvalue weighted by Crippen LogP contribution is -2.47. The Bertz CT molecular complexity index is 514. The number of fused-ring (bicyclic) bond motifs is 2. The quantitative estimate of drug-likeness (QED) is 0.836. The third-order valence-electron chi connectivity index (χ3n) is 5.03. The minimum Gasteiger partial charge on any atom is -0.374 e. The molecule has 1 amide bonds. The van der Waals surface area contributed by atoms with Crippen molar-refractivity contribution in [2.75, 3.05) is 19.8 Å². The van der Waals surface area contributed by atoms with Gasteiger partial charge < -0.3 is 14.4 Å². The van der Waals surface area contributed by atoms with Gasteiger partial charge in [0.2, 0.25) is 5.91 Å². The standard InChI is InChI=1S/C17H23NO3S/c19-16(9-13-5-8-22-11-13)18-6-7-20-15-4-3-14(18)17(15)21-10-12-1-2-12/h5,8,11-12,14-15,17H,1-4,6-7,9-10H2/t14-,15-,17-/m0/s1. The fourth-order valence-electron chi connectivity index (χ4n) is 3.62. The molecule has 2 saturated carbocycles. The Morgan fingerprint density at radius 3 is 3.05 bits per heavy atom. The number of amides is 1. The molecular weight excluding hydrogens is 298 g/mol. The highest BCUT2D eigenvalue weighted by Crippen LogP contribution is 2.35. The van der Waals surface area contributed by atoms with Crippen LogP contribution in [0.3, 0.4) is 0 Å². The zero-order valence-electron chi connectivity index (χ0n) is 12.8. The van der Waals surface area contributed by atoms with Crippen LogP contribution in [0.15, 0.2) is 16.8 Å². The molecule has 0 N–H and O–H groups in total. The summed E-state index contributed by atoms with van der Waals surface area (Å²) in [6, 6.07) is 2.24. The second kappa shape index (κ2) is 6.30.